The monoisotopic (exact) mass is 225 g/mol. The molecule has 0 aliphatic carbocycles. The van der Waals surface area contributed by atoms with E-state index in [9.17, 15) is 0 Å². The highest BCUT2D eigenvalue weighted by molar-refractivity contribution is 7.15. The van der Waals surface area contributed by atoms with Crippen molar-refractivity contribution in [3.8, 4) is 0 Å². The zero-order valence-electron chi connectivity index (χ0n) is 9.33. The largest absolute Gasteiger partial charge is 0.348 e. The van der Waals surface area contributed by atoms with Crippen molar-refractivity contribution >= 4 is 16.5 Å². The predicted octanol–water partition coefficient (Wildman–Crippen LogP) is 2.24. The van der Waals surface area contributed by atoms with Crippen LogP contribution in [0.3, 0.4) is 0 Å². The summed E-state index contributed by atoms with van der Waals surface area (Å²) in [5, 5.41) is 4.62. The summed E-state index contributed by atoms with van der Waals surface area (Å²) >= 11 is 1.83. The molecule has 0 saturated carbocycles. The molecule has 0 bridgehead atoms. The first-order valence-corrected chi connectivity index (χ1v) is 6.62. The van der Waals surface area contributed by atoms with Gasteiger partial charge in [0.25, 0.3) is 0 Å². The third-order valence-electron chi connectivity index (χ3n) is 2.64. The summed E-state index contributed by atoms with van der Waals surface area (Å²) in [6.07, 6.45) is 5.85. The van der Waals surface area contributed by atoms with E-state index in [0.29, 0.717) is 0 Å². The average Bonchev–Trinajstić information content (AvgIpc) is 2.87. The van der Waals surface area contributed by atoms with Crippen LogP contribution in [-0.4, -0.2) is 24.6 Å². The number of anilines is 1. The molecule has 15 heavy (non-hydrogen) atoms. The second-order valence-corrected chi connectivity index (χ2v) is 5.07. The molecule has 1 aliphatic heterocycles. The van der Waals surface area contributed by atoms with Crippen LogP contribution in [0.1, 0.15) is 31.1 Å². The van der Waals surface area contributed by atoms with Gasteiger partial charge in [0.1, 0.15) is 0 Å². The minimum absolute atomic E-state index is 0.972. The number of hydrogen-bond donors (Lipinski definition) is 1. The van der Waals surface area contributed by atoms with E-state index in [1.165, 1.54) is 42.4 Å². The van der Waals surface area contributed by atoms with E-state index < -0.39 is 0 Å². The van der Waals surface area contributed by atoms with E-state index >= 15 is 0 Å². The highest BCUT2D eigenvalue weighted by Crippen LogP contribution is 2.25. The Morgan fingerprint density at radius 3 is 3.00 bits per heavy atom. The molecule has 0 aromatic carbocycles. The van der Waals surface area contributed by atoms with Gasteiger partial charge in [-0.05, 0) is 25.8 Å². The highest BCUT2D eigenvalue weighted by atomic mass is 32.1. The van der Waals surface area contributed by atoms with Gasteiger partial charge in [-0.25, -0.2) is 4.98 Å². The highest BCUT2D eigenvalue weighted by Gasteiger charge is 2.15. The van der Waals surface area contributed by atoms with Crippen molar-refractivity contribution in [1.29, 1.82) is 0 Å². The maximum atomic E-state index is 4.48. The van der Waals surface area contributed by atoms with E-state index in [2.05, 4.69) is 22.1 Å². The molecule has 0 radical (unpaired) electrons. The Kier molecular flexibility index (Phi) is 3.97. The smallest absolute Gasteiger partial charge is 0.185 e. The Hall–Kier alpha value is -0.610. The normalized spacial score (nSPS) is 16.2. The molecule has 1 N–H and O–H groups in total. The molecular weight excluding hydrogens is 206 g/mol. The standard InChI is InChI=1S/C11H19N3S/c1-2-5-12-8-10-9-13-11(15-10)14-6-3-4-7-14/h9,12H,2-8H2,1H3. The quantitative estimate of drug-likeness (QED) is 0.779. The maximum absolute atomic E-state index is 4.48. The molecule has 84 valence electrons. The summed E-state index contributed by atoms with van der Waals surface area (Å²) in [6.45, 7) is 6.64. The van der Waals surface area contributed by atoms with E-state index in [0.717, 1.165) is 13.1 Å². The lowest BCUT2D eigenvalue weighted by molar-refractivity contribution is 0.681. The van der Waals surface area contributed by atoms with Crippen LogP contribution >= 0.6 is 11.3 Å². The second-order valence-electron chi connectivity index (χ2n) is 3.98. The van der Waals surface area contributed by atoms with Crippen molar-refractivity contribution in [2.75, 3.05) is 24.5 Å². The molecule has 4 heteroatoms. The lowest BCUT2D eigenvalue weighted by Crippen LogP contribution is -2.16. The van der Waals surface area contributed by atoms with Gasteiger partial charge >= 0.3 is 0 Å². The molecule has 0 atom stereocenters. The fourth-order valence-electron chi connectivity index (χ4n) is 1.82. The Morgan fingerprint density at radius 1 is 1.47 bits per heavy atom. The van der Waals surface area contributed by atoms with Crippen molar-refractivity contribution in [1.82, 2.24) is 10.3 Å². The third kappa shape index (κ3) is 2.92. The molecule has 0 spiro atoms. The SMILES string of the molecule is CCCNCc1cnc(N2CCCC2)s1. The molecule has 1 aliphatic rings. The molecule has 1 saturated heterocycles. The molecular formula is C11H19N3S. The predicted molar refractivity (Wildman–Crippen MR) is 65.6 cm³/mol. The van der Waals surface area contributed by atoms with Crippen LogP contribution in [0.25, 0.3) is 0 Å². The van der Waals surface area contributed by atoms with Gasteiger partial charge in [0.15, 0.2) is 5.13 Å². The molecule has 2 rings (SSSR count). The number of thiazole rings is 1. The summed E-state index contributed by atoms with van der Waals surface area (Å²) in [4.78, 5) is 8.23. The Bertz CT molecular complexity index is 292. The summed E-state index contributed by atoms with van der Waals surface area (Å²) in [5.74, 6) is 0. The zero-order chi connectivity index (χ0) is 10.5. The number of aromatic nitrogens is 1. The van der Waals surface area contributed by atoms with Gasteiger partial charge in [0.2, 0.25) is 0 Å². The Morgan fingerprint density at radius 2 is 2.27 bits per heavy atom. The molecule has 0 unspecified atom stereocenters. The van der Waals surface area contributed by atoms with Crippen molar-refractivity contribution in [3.05, 3.63) is 11.1 Å². The van der Waals surface area contributed by atoms with Crippen LogP contribution in [0.4, 0.5) is 5.13 Å². The van der Waals surface area contributed by atoms with Crippen molar-refractivity contribution in [2.45, 2.75) is 32.7 Å². The number of hydrogen-bond acceptors (Lipinski definition) is 4. The second kappa shape index (κ2) is 5.47. The van der Waals surface area contributed by atoms with Gasteiger partial charge in [0, 0.05) is 30.7 Å². The third-order valence-corrected chi connectivity index (χ3v) is 3.70. The van der Waals surface area contributed by atoms with Crippen molar-refractivity contribution in [3.63, 3.8) is 0 Å². The van der Waals surface area contributed by atoms with Crippen LogP contribution in [0.2, 0.25) is 0 Å². The average molecular weight is 225 g/mol. The number of nitrogens with zero attached hydrogens (tertiary/aromatic N) is 2. The first-order valence-electron chi connectivity index (χ1n) is 5.80. The number of rotatable bonds is 5. The van der Waals surface area contributed by atoms with Crippen molar-refractivity contribution in [2.24, 2.45) is 0 Å². The molecule has 1 fully saturated rings. The summed E-state index contributed by atoms with van der Waals surface area (Å²) in [5.41, 5.74) is 0. The molecule has 1 aromatic heterocycles. The maximum Gasteiger partial charge on any atom is 0.185 e. The fourth-order valence-corrected chi connectivity index (χ4v) is 2.75. The fraction of sp³-hybridized carbons (Fsp3) is 0.727. The molecule has 1 aromatic rings. The Balaban J connectivity index is 1.86. The van der Waals surface area contributed by atoms with Gasteiger partial charge in [-0.2, -0.15) is 0 Å². The first-order chi connectivity index (χ1) is 7.40. The van der Waals surface area contributed by atoms with E-state index in [4.69, 9.17) is 0 Å². The Labute approximate surface area is 95.5 Å². The van der Waals surface area contributed by atoms with E-state index in [-0.39, 0.29) is 0 Å². The van der Waals surface area contributed by atoms with Gasteiger partial charge in [-0.3, -0.25) is 0 Å². The molecule has 3 nitrogen and oxygen atoms in total. The van der Waals surface area contributed by atoms with Crippen LogP contribution in [-0.2, 0) is 6.54 Å². The van der Waals surface area contributed by atoms with Crippen LogP contribution < -0.4 is 10.2 Å². The summed E-state index contributed by atoms with van der Waals surface area (Å²) < 4.78 is 0. The molecule has 2 heterocycles. The van der Waals surface area contributed by atoms with Gasteiger partial charge < -0.3 is 10.2 Å². The topological polar surface area (TPSA) is 28.2 Å². The van der Waals surface area contributed by atoms with Gasteiger partial charge in [-0.1, -0.05) is 6.92 Å². The zero-order valence-corrected chi connectivity index (χ0v) is 10.1. The first kappa shape index (κ1) is 10.9. The lowest BCUT2D eigenvalue weighted by Gasteiger charge is -2.12. The lowest BCUT2D eigenvalue weighted by atomic mass is 10.4. The van der Waals surface area contributed by atoms with Gasteiger partial charge in [0.05, 0.1) is 0 Å². The van der Waals surface area contributed by atoms with E-state index in [1.807, 2.05) is 17.5 Å². The van der Waals surface area contributed by atoms with Crippen LogP contribution in [0.15, 0.2) is 6.20 Å². The van der Waals surface area contributed by atoms with E-state index in [1.54, 1.807) is 0 Å². The molecule has 0 amide bonds. The van der Waals surface area contributed by atoms with Crippen LogP contribution in [0, 0.1) is 0 Å². The van der Waals surface area contributed by atoms with Gasteiger partial charge in [-0.15, -0.1) is 11.3 Å². The van der Waals surface area contributed by atoms with Crippen LogP contribution in [0.5, 0.6) is 0 Å². The summed E-state index contributed by atoms with van der Waals surface area (Å²) in [7, 11) is 0. The summed E-state index contributed by atoms with van der Waals surface area (Å²) in [6, 6.07) is 0. The van der Waals surface area contributed by atoms with Crippen molar-refractivity contribution < 1.29 is 0 Å². The minimum atomic E-state index is 0.972. The minimum Gasteiger partial charge on any atom is -0.348 e. The number of nitrogens with one attached hydrogen (secondary N) is 1.